The molecule has 1 aliphatic heterocycles. The molecule has 2 heteroatoms. The van der Waals surface area contributed by atoms with Gasteiger partial charge in [0.15, 0.2) is 0 Å². The third-order valence-corrected chi connectivity index (χ3v) is 8.43. The van der Waals surface area contributed by atoms with Crippen molar-refractivity contribution in [2.45, 2.75) is 39.0 Å². The first-order valence-corrected chi connectivity index (χ1v) is 8.37. The van der Waals surface area contributed by atoms with E-state index in [9.17, 15) is 0 Å². The summed E-state index contributed by atoms with van der Waals surface area (Å²) in [6, 6.07) is 8.99. The van der Waals surface area contributed by atoms with Crippen molar-refractivity contribution in [1.82, 2.24) is 0 Å². The Morgan fingerprint density at radius 2 is 1.27 bits per heavy atom. The predicted molar refractivity (Wildman–Crippen MR) is 73.1 cm³/mol. The summed E-state index contributed by atoms with van der Waals surface area (Å²) in [6.45, 7) is 9.31. The van der Waals surface area contributed by atoms with Crippen molar-refractivity contribution in [3.63, 3.8) is 0 Å². The summed E-state index contributed by atoms with van der Waals surface area (Å²) in [6.07, 6.45) is 0. The van der Waals surface area contributed by atoms with E-state index in [1.165, 1.54) is 0 Å². The second-order valence-corrected chi connectivity index (χ2v) is 9.83. The minimum Gasteiger partial charge on any atom is -0.0616 e. The Morgan fingerprint density at radius 3 is 1.60 bits per heavy atom. The van der Waals surface area contributed by atoms with Crippen molar-refractivity contribution in [3.05, 3.63) is 30.2 Å². The largest absolute Gasteiger partial charge is 0.0616 e. The van der Waals surface area contributed by atoms with Crippen molar-refractivity contribution < 1.29 is 0 Å². The number of hydrogen-bond acceptors (Lipinski definition) is 0. The van der Waals surface area contributed by atoms with Gasteiger partial charge in [-0.3, -0.25) is 0 Å². The second kappa shape index (κ2) is 4.52. The summed E-state index contributed by atoms with van der Waals surface area (Å²) in [7, 11) is -0.226. The average molecular weight is 236 g/mol. The Morgan fingerprint density at radius 1 is 0.867 bits per heavy atom. The number of fused-ring (bicyclic) bond motifs is 1. The van der Waals surface area contributed by atoms with Gasteiger partial charge in [-0.25, -0.2) is 0 Å². The van der Waals surface area contributed by atoms with E-state index in [4.69, 9.17) is 0 Å². The van der Waals surface area contributed by atoms with E-state index >= 15 is 0 Å². The topological polar surface area (TPSA) is 0 Å². The first-order valence-electron chi connectivity index (χ1n) is 5.55. The van der Waals surface area contributed by atoms with Crippen molar-refractivity contribution in [2.75, 3.05) is 0 Å². The predicted octanol–water partition coefficient (Wildman–Crippen LogP) is 3.73. The highest BCUT2D eigenvalue weighted by atomic mass is 31.2. The zero-order valence-electron chi connectivity index (χ0n) is 9.86. The Bertz CT molecular complexity index is 311. The molecule has 1 heterocycles. The molecule has 15 heavy (non-hydrogen) atoms. The van der Waals surface area contributed by atoms with Gasteiger partial charge in [-0.1, -0.05) is 67.8 Å². The molecule has 2 atom stereocenters. The molecule has 2 rings (SSSR count). The molecule has 0 saturated carbocycles. The van der Waals surface area contributed by atoms with E-state index in [0.717, 1.165) is 11.3 Å². The van der Waals surface area contributed by atoms with Gasteiger partial charge < -0.3 is 0 Å². The van der Waals surface area contributed by atoms with Gasteiger partial charge in [-0.05, 0) is 21.9 Å². The van der Waals surface area contributed by atoms with Gasteiger partial charge in [0, 0.05) is 5.90 Å². The Balaban J connectivity index is 2.39. The fraction of sp³-hybridized carbons (Fsp3) is 0.462. The number of hydrogen-bond donors (Lipinski definition) is 0. The van der Waals surface area contributed by atoms with Crippen LogP contribution in [-0.4, -0.2) is 11.3 Å². The summed E-state index contributed by atoms with van der Waals surface area (Å²) in [4.78, 5) is 0. The first-order chi connectivity index (χ1) is 7.11. The van der Waals surface area contributed by atoms with E-state index in [2.05, 4.69) is 57.9 Å². The average Bonchev–Trinajstić information content (AvgIpc) is 2.56. The molecule has 0 N–H and O–H groups in total. The SMILES string of the molecule is CC(C)P1[C]P(C(C)C)c2ccccc21. The van der Waals surface area contributed by atoms with Crippen molar-refractivity contribution in [3.8, 4) is 0 Å². The standard InChI is InChI=1S/C13H18P2/c1-10(2)14-9-15(11(3)4)13-8-6-5-7-12(13)14/h5-8,10-11H,1-4H3. The Kier molecular flexibility index (Phi) is 3.49. The van der Waals surface area contributed by atoms with E-state index < -0.39 is 0 Å². The lowest BCUT2D eigenvalue weighted by atomic mass is 10.4. The van der Waals surface area contributed by atoms with Crippen molar-refractivity contribution in [2.24, 2.45) is 0 Å². The number of rotatable bonds is 2. The Labute approximate surface area is 96.0 Å². The third-order valence-electron chi connectivity index (χ3n) is 2.65. The fourth-order valence-corrected chi connectivity index (χ4v) is 8.42. The zero-order valence-corrected chi connectivity index (χ0v) is 11.6. The second-order valence-electron chi connectivity index (χ2n) is 4.52. The highest BCUT2D eigenvalue weighted by Gasteiger charge is 2.33. The molecule has 0 fully saturated rings. The fourth-order valence-electron chi connectivity index (χ4n) is 1.88. The van der Waals surface area contributed by atoms with Gasteiger partial charge in [0.1, 0.15) is 0 Å². The van der Waals surface area contributed by atoms with Crippen molar-refractivity contribution >= 4 is 26.5 Å². The summed E-state index contributed by atoms with van der Waals surface area (Å²) < 4.78 is 0. The summed E-state index contributed by atoms with van der Waals surface area (Å²) in [5, 5.41) is 3.20. The molecule has 0 spiro atoms. The van der Waals surface area contributed by atoms with Gasteiger partial charge in [-0.2, -0.15) is 0 Å². The van der Waals surface area contributed by atoms with Crippen LogP contribution in [0, 0.1) is 5.90 Å². The molecule has 0 amide bonds. The van der Waals surface area contributed by atoms with Gasteiger partial charge >= 0.3 is 0 Å². The zero-order chi connectivity index (χ0) is 11.0. The summed E-state index contributed by atoms with van der Waals surface area (Å²) in [5.74, 6) is 3.88. The molecule has 0 nitrogen and oxygen atoms in total. The van der Waals surface area contributed by atoms with Crippen molar-refractivity contribution in [1.29, 1.82) is 0 Å². The van der Waals surface area contributed by atoms with Crippen LogP contribution in [0.2, 0.25) is 0 Å². The minimum absolute atomic E-state index is 0.113. The van der Waals surface area contributed by atoms with E-state index in [1.54, 1.807) is 10.6 Å². The van der Waals surface area contributed by atoms with Crippen LogP contribution in [0.25, 0.3) is 0 Å². The van der Waals surface area contributed by atoms with Crippen LogP contribution in [-0.2, 0) is 0 Å². The molecule has 2 unspecified atom stereocenters. The van der Waals surface area contributed by atoms with Crippen LogP contribution in [0.3, 0.4) is 0 Å². The van der Waals surface area contributed by atoms with E-state index in [1.807, 2.05) is 0 Å². The lowest BCUT2D eigenvalue weighted by Crippen LogP contribution is -2.18. The molecule has 0 aromatic heterocycles. The number of benzene rings is 1. The van der Waals surface area contributed by atoms with Gasteiger partial charge in [-0.15, -0.1) is 0 Å². The van der Waals surface area contributed by atoms with Crippen LogP contribution >= 0.6 is 15.8 Å². The Hall–Kier alpha value is 0.0800. The lowest BCUT2D eigenvalue weighted by molar-refractivity contribution is 1.10. The van der Waals surface area contributed by atoms with Crippen LogP contribution < -0.4 is 10.6 Å². The van der Waals surface area contributed by atoms with Crippen LogP contribution in [0.15, 0.2) is 24.3 Å². The highest BCUT2D eigenvalue weighted by molar-refractivity contribution is 7.91. The maximum Gasteiger partial charge on any atom is 0.0499 e. The molecule has 1 aromatic carbocycles. The maximum atomic E-state index is 3.88. The maximum absolute atomic E-state index is 3.88. The molecular weight excluding hydrogens is 218 g/mol. The normalized spacial score (nSPS) is 24.9. The van der Waals surface area contributed by atoms with E-state index in [0.29, 0.717) is 0 Å². The molecular formula is C13H18P2. The molecule has 2 radical (unpaired) electrons. The van der Waals surface area contributed by atoms with Crippen LogP contribution in [0.4, 0.5) is 0 Å². The quantitative estimate of drug-likeness (QED) is 0.686. The molecule has 0 saturated heterocycles. The van der Waals surface area contributed by atoms with Gasteiger partial charge in [0.2, 0.25) is 0 Å². The lowest BCUT2D eigenvalue weighted by Gasteiger charge is -2.17. The van der Waals surface area contributed by atoms with Crippen LogP contribution in [0.1, 0.15) is 27.7 Å². The first kappa shape index (κ1) is 11.6. The van der Waals surface area contributed by atoms with Gasteiger partial charge in [0.05, 0.1) is 0 Å². The smallest absolute Gasteiger partial charge is 0.0499 e. The molecule has 0 bridgehead atoms. The monoisotopic (exact) mass is 236 g/mol. The minimum atomic E-state index is -0.113. The van der Waals surface area contributed by atoms with E-state index in [-0.39, 0.29) is 15.8 Å². The highest BCUT2D eigenvalue weighted by Crippen LogP contribution is 2.64. The van der Waals surface area contributed by atoms with Gasteiger partial charge in [0.25, 0.3) is 0 Å². The molecule has 1 aliphatic rings. The summed E-state index contributed by atoms with van der Waals surface area (Å²) in [5.41, 5.74) is 1.49. The summed E-state index contributed by atoms with van der Waals surface area (Å²) >= 11 is 0. The molecule has 80 valence electrons. The third kappa shape index (κ3) is 2.13. The molecule has 1 aromatic rings. The molecule has 0 aliphatic carbocycles. The van der Waals surface area contributed by atoms with Crippen LogP contribution in [0.5, 0.6) is 0 Å².